The molecule has 0 saturated heterocycles. The zero-order chi connectivity index (χ0) is 20.6. The van der Waals surface area contributed by atoms with Crippen LogP contribution in [0.25, 0.3) is 0 Å². The Labute approximate surface area is 164 Å². The third-order valence-corrected chi connectivity index (χ3v) is 5.17. The number of alkyl halides is 3. The van der Waals surface area contributed by atoms with Gasteiger partial charge in [-0.2, -0.15) is 13.2 Å². The average Bonchev–Trinajstić information content (AvgIpc) is 3.17. The molecule has 0 aromatic heterocycles. The minimum atomic E-state index is -4.29. The van der Waals surface area contributed by atoms with Crippen LogP contribution in [0.4, 0.5) is 22.0 Å². The number of benzene rings is 2. The van der Waals surface area contributed by atoms with Crippen molar-refractivity contribution in [2.75, 3.05) is 6.54 Å². The average molecular weight is 404 g/mol. The molecule has 2 aliphatic rings. The molecule has 2 nitrogen and oxygen atoms in total. The number of hydrogen-bond acceptors (Lipinski definition) is 2. The Bertz CT molecular complexity index is 983. The largest absolute Gasteiger partial charge is 0.396 e. The monoisotopic (exact) mass is 404 g/mol. The maximum absolute atomic E-state index is 14.0. The van der Waals surface area contributed by atoms with E-state index < -0.39 is 23.7 Å². The predicted molar refractivity (Wildman–Crippen MR) is 101 cm³/mol. The zero-order valence-corrected chi connectivity index (χ0v) is 15.3. The highest BCUT2D eigenvalue weighted by molar-refractivity contribution is 6.09. The van der Waals surface area contributed by atoms with E-state index in [0.29, 0.717) is 29.8 Å². The molecular weight excluding hydrogens is 387 g/mol. The summed E-state index contributed by atoms with van der Waals surface area (Å²) in [5.74, 6) is -2.80. The van der Waals surface area contributed by atoms with Crippen LogP contribution in [-0.2, 0) is 0 Å². The topological polar surface area (TPSA) is 24.7 Å². The number of allylic oxidation sites excluding steroid dienone is 1. The van der Waals surface area contributed by atoms with Gasteiger partial charge in [-0.15, -0.1) is 0 Å². The van der Waals surface area contributed by atoms with Crippen molar-refractivity contribution in [1.82, 2.24) is 0 Å². The second-order valence-electron chi connectivity index (χ2n) is 7.08. The third kappa shape index (κ3) is 3.99. The standard InChI is InChI=1S/C22H17F5N2/c23-16-2-1-3-17(24)21(16)20-11-10-19(29-20)14-6-4-13(5-7-14)18-9-8-15(12-28-18)22(25,26)27/h1-9,15,19H,10-12H2. The summed E-state index contributed by atoms with van der Waals surface area (Å²) >= 11 is 0. The molecular formula is C22H17F5N2. The van der Waals surface area contributed by atoms with Crippen LogP contribution in [-0.4, -0.2) is 24.1 Å². The van der Waals surface area contributed by atoms with Gasteiger partial charge < -0.3 is 0 Å². The smallest absolute Gasteiger partial charge is 0.284 e. The lowest BCUT2D eigenvalue weighted by Crippen LogP contribution is -2.26. The van der Waals surface area contributed by atoms with Crippen LogP contribution in [0, 0.1) is 17.6 Å². The molecule has 4 rings (SSSR count). The molecule has 7 heteroatoms. The number of dihydropyridines is 1. The molecule has 0 radical (unpaired) electrons. The first-order valence-electron chi connectivity index (χ1n) is 9.23. The van der Waals surface area contributed by atoms with Gasteiger partial charge in [-0.3, -0.25) is 9.98 Å². The molecule has 150 valence electrons. The van der Waals surface area contributed by atoms with Gasteiger partial charge in [0, 0.05) is 5.71 Å². The summed E-state index contributed by atoms with van der Waals surface area (Å²) in [6.07, 6.45) is -0.656. The molecule has 0 bridgehead atoms. The van der Waals surface area contributed by atoms with Crippen LogP contribution < -0.4 is 0 Å². The molecule has 2 heterocycles. The fourth-order valence-electron chi connectivity index (χ4n) is 3.59. The molecule has 0 spiro atoms. The number of hydrogen-bond donors (Lipinski definition) is 0. The first kappa shape index (κ1) is 19.5. The number of halogens is 5. The van der Waals surface area contributed by atoms with Crippen molar-refractivity contribution in [1.29, 1.82) is 0 Å². The van der Waals surface area contributed by atoms with Gasteiger partial charge >= 0.3 is 6.18 Å². The van der Waals surface area contributed by atoms with Crippen LogP contribution in [0.2, 0.25) is 0 Å². The third-order valence-electron chi connectivity index (χ3n) is 5.17. The Morgan fingerprint density at radius 3 is 2.21 bits per heavy atom. The van der Waals surface area contributed by atoms with E-state index in [1.807, 2.05) is 12.1 Å². The van der Waals surface area contributed by atoms with E-state index in [0.717, 1.165) is 11.6 Å². The predicted octanol–water partition coefficient (Wildman–Crippen LogP) is 5.83. The van der Waals surface area contributed by atoms with Gasteiger partial charge in [-0.1, -0.05) is 36.4 Å². The van der Waals surface area contributed by atoms with Crippen LogP contribution in [0.3, 0.4) is 0 Å². The lowest BCUT2D eigenvalue weighted by molar-refractivity contribution is -0.158. The molecule has 2 unspecified atom stereocenters. The van der Waals surface area contributed by atoms with Crippen molar-refractivity contribution in [2.45, 2.75) is 25.1 Å². The van der Waals surface area contributed by atoms with Crippen LogP contribution >= 0.6 is 0 Å². The maximum atomic E-state index is 14.0. The highest BCUT2D eigenvalue weighted by Gasteiger charge is 2.38. The molecule has 29 heavy (non-hydrogen) atoms. The van der Waals surface area contributed by atoms with Gasteiger partial charge in [0.25, 0.3) is 0 Å². The van der Waals surface area contributed by atoms with Crippen molar-refractivity contribution >= 4 is 11.4 Å². The van der Waals surface area contributed by atoms with E-state index >= 15 is 0 Å². The van der Waals surface area contributed by atoms with E-state index in [-0.39, 0.29) is 18.2 Å². The van der Waals surface area contributed by atoms with Crippen molar-refractivity contribution in [3.63, 3.8) is 0 Å². The van der Waals surface area contributed by atoms with Crippen LogP contribution in [0.15, 0.2) is 64.6 Å². The minimum absolute atomic E-state index is 0.0764. The fourth-order valence-corrected chi connectivity index (χ4v) is 3.59. The molecule has 0 fully saturated rings. The number of aliphatic imine (C=N–C) groups is 2. The van der Waals surface area contributed by atoms with E-state index in [9.17, 15) is 22.0 Å². The maximum Gasteiger partial charge on any atom is 0.396 e. The number of nitrogens with zero attached hydrogens (tertiary/aromatic N) is 2. The Balaban J connectivity index is 1.50. The summed E-state index contributed by atoms with van der Waals surface area (Å²) in [6, 6.07) is 10.8. The van der Waals surface area contributed by atoms with Crippen molar-refractivity contribution in [3.8, 4) is 0 Å². The summed E-state index contributed by atoms with van der Waals surface area (Å²) in [7, 11) is 0. The van der Waals surface area contributed by atoms with Crippen LogP contribution in [0.5, 0.6) is 0 Å². The first-order valence-corrected chi connectivity index (χ1v) is 9.23. The zero-order valence-electron chi connectivity index (χ0n) is 15.3. The molecule has 2 aliphatic heterocycles. The Morgan fingerprint density at radius 2 is 1.62 bits per heavy atom. The van der Waals surface area contributed by atoms with Crippen molar-refractivity contribution < 1.29 is 22.0 Å². The molecule has 0 N–H and O–H groups in total. The lowest BCUT2D eigenvalue weighted by Gasteiger charge is -2.18. The molecule has 2 aromatic rings. The van der Waals surface area contributed by atoms with Crippen LogP contribution in [0.1, 0.15) is 35.6 Å². The van der Waals surface area contributed by atoms with Gasteiger partial charge in [-0.05, 0) is 42.2 Å². The molecule has 2 aromatic carbocycles. The second-order valence-corrected chi connectivity index (χ2v) is 7.08. The van der Waals surface area contributed by atoms with E-state index in [1.54, 1.807) is 12.1 Å². The summed E-state index contributed by atoms with van der Waals surface area (Å²) in [6.45, 7) is -0.318. The first-order chi connectivity index (χ1) is 13.8. The van der Waals surface area contributed by atoms with E-state index in [2.05, 4.69) is 9.98 Å². The molecule has 0 amide bonds. The normalized spacial score (nSPS) is 21.8. The Morgan fingerprint density at radius 1 is 0.931 bits per heavy atom. The van der Waals surface area contributed by atoms with Gasteiger partial charge in [0.1, 0.15) is 11.6 Å². The van der Waals surface area contributed by atoms with Gasteiger partial charge in [0.15, 0.2) is 0 Å². The summed E-state index contributed by atoms with van der Waals surface area (Å²) in [4.78, 5) is 8.54. The van der Waals surface area contributed by atoms with Crippen molar-refractivity contribution in [3.05, 3.63) is 82.9 Å². The Hall–Kier alpha value is -2.83. The molecule has 0 aliphatic carbocycles. The summed E-state index contributed by atoms with van der Waals surface area (Å²) < 4.78 is 66.1. The van der Waals surface area contributed by atoms with E-state index in [1.165, 1.54) is 24.3 Å². The fraction of sp³-hybridized carbons (Fsp3) is 0.273. The van der Waals surface area contributed by atoms with Crippen molar-refractivity contribution in [2.24, 2.45) is 15.9 Å². The minimum Gasteiger partial charge on any atom is -0.284 e. The highest BCUT2D eigenvalue weighted by Crippen LogP contribution is 2.33. The lowest BCUT2D eigenvalue weighted by atomic mass is 9.98. The van der Waals surface area contributed by atoms with E-state index in [4.69, 9.17) is 0 Å². The summed E-state index contributed by atoms with van der Waals surface area (Å²) in [5.41, 5.74) is 2.43. The Kier molecular flexibility index (Phi) is 5.06. The summed E-state index contributed by atoms with van der Waals surface area (Å²) in [5, 5.41) is 0. The quantitative estimate of drug-likeness (QED) is 0.576. The SMILES string of the molecule is Fc1cccc(F)c1C1=NC(c2ccc(C3=NCC(C(F)(F)F)C=C3)cc2)CC1. The molecule has 0 saturated carbocycles. The number of rotatable bonds is 3. The molecule has 2 atom stereocenters. The van der Waals surface area contributed by atoms with Gasteiger partial charge in [-0.25, -0.2) is 8.78 Å². The second kappa shape index (κ2) is 7.54. The van der Waals surface area contributed by atoms with Gasteiger partial charge in [0.05, 0.1) is 29.8 Å². The van der Waals surface area contributed by atoms with Gasteiger partial charge in [0.2, 0.25) is 0 Å². The highest BCUT2D eigenvalue weighted by atomic mass is 19.4.